The molecule has 0 fully saturated rings. The lowest BCUT2D eigenvalue weighted by Gasteiger charge is -2.07. The third-order valence-corrected chi connectivity index (χ3v) is 2.83. The van der Waals surface area contributed by atoms with E-state index in [9.17, 15) is 4.79 Å². The lowest BCUT2D eigenvalue weighted by Crippen LogP contribution is -2.01. The van der Waals surface area contributed by atoms with Crippen LogP contribution in [0.1, 0.15) is 16.1 Å². The van der Waals surface area contributed by atoms with Crippen LogP contribution in [0.25, 0.3) is 0 Å². The van der Waals surface area contributed by atoms with Crippen molar-refractivity contribution in [2.24, 2.45) is 0 Å². The van der Waals surface area contributed by atoms with Crippen LogP contribution in [0.5, 0.6) is 11.6 Å². The Morgan fingerprint density at radius 1 is 1.28 bits per heavy atom. The number of aryl methyl sites for hydroxylation is 1. The Morgan fingerprint density at radius 3 is 2.67 bits per heavy atom. The average Bonchev–Trinajstić information content (AvgIpc) is 2.34. The zero-order chi connectivity index (χ0) is 13.1. The van der Waals surface area contributed by atoms with Crippen molar-refractivity contribution in [3.8, 4) is 11.6 Å². The molecule has 1 N–H and O–H groups in total. The van der Waals surface area contributed by atoms with E-state index in [1.54, 1.807) is 30.3 Å². The maximum atomic E-state index is 11.1. The van der Waals surface area contributed by atoms with E-state index in [0.717, 1.165) is 9.26 Å². The molecule has 0 unspecified atom stereocenters. The molecular formula is C12H9IN2O3. The summed E-state index contributed by atoms with van der Waals surface area (Å²) < 4.78 is 6.25. The molecule has 0 atom stereocenters. The largest absolute Gasteiger partial charge is 0.478 e. The third-order valence-electron chi connectivity index (χ3n) is 2.16. The lowest BCUT2D eigenvalue weighted by atomic mass is 10.2. The van der Waals surface area contributed by atoms with E-state index in [0.29, 0.717) is 0 Å². The van der Waals surface area contributed by atoms with Crippen LogP contribution in [0.3, 0.4) is 0 Å². The molecule has 1 aromatic carbocycles. The molecule has 18 heavy (non-hydrogen) atoms. The highest BCUT2D eigenvalue weighted by atomic mass is 127. The number of aromatic carboxylic acids is 1. The zero-order valence-corrected chi connectivity index (χ0v) is 11.6. The van der Waals surface area contributed by atoms with Crippen LogP contribution >= 0.6 is 22.6 Å². The SMILES string of the molecule is Cc1ccc(Oc2ccc(I)cc2C(=O)O)nn1. The van der Waals surface area contributed by atoms with Gasteiger partial charge in [0.2, 0.25) is 5.88 Å². The smallest absolute Gasteiger partial charge is 0.339 e. The van der Waals surface area contributed by atoms with Crippen LogP contribution in [-0.4, -0.2) is 21.3 Å². The fraction of sp³-hybridized carbons (Fsp3) is 0.0833. The number of carboxylic acids is 1. The molecule has 6 heteroatoms. The van der Waals surface area contributed by atoms with Gasteiger partial charge in [0, 0.05) is 9.64 Å². The average molecular weight is 356 g/mol. The summed E-state index contributed by atoms with van der Waals surface area (Å²) in [5, 5.41) is 16.8. The van der Waals surface area contributed by atoms with Gasteiger partial charge in [-0.15, -0.1) is 5.10 Å². The van der Waals surface area contributed by atoms with Crippen LogP contribution in [0.15, 0.2) is 30.3 Å². The predicted octanol–water partition coefficient (Wildman–Crippen LogP) is 2.88. The van der Waals surface area contributed by atoms with Crippen molar-refractivity contribution in [3.05, 3.63) is 45.2 Å². The summed E-state index contributed by atoms with van der Waals surface area (Å²) in [6.07, 6.45) is 0. The van der Waals surface area contributed by atoms with E-state index in [4.69, 9.17) is 9.84 Å². The molecule has 1 aromatic heterocycles. The van der Waals surface area contributed by atoms with Crippen molar-refractivity contribution in [3.63, 3.8) is 0 Å². The van der Waals surface area contributed by atoms with E-state index >= 15 is 0 Å². The Bertz CT molecular complexity index is 584. The first-order valence-electron chi connectivity index (χ1n) is 5.07. The van der Waals surface area contributed by atoms with Gasteiger partial charge in [-0.25, -0.2) is 4.79 Å². The Labute approximate surface area is 117 Å². The van der Waals surface area contributed by atoms with Crippen LogP contribution in [0.4, 0.5) is 0 Å². The minimum Gasteiger partial charge on any atom is -0.478 e. The van der Waals surface area contributed by atoms with Gasteiger partial charge < -0.3 is 9.84 Å². The quantitative estimate of drug-likeness (QED) is 0.857. The molecule has 0 spiro atoms. The number of carbonyl (C=O) groups is 1. The summed E-state index contributed by atoms with van der Waals surface area (Å²) in [4.78, 5) is 11.1. The molecule has 0 aliphatic heterocycles. The van der Waals surface area contributed by atoms with Crippen molar-refractivity contribution in [2.75, 3.05) is 0 Å². The molecule has 1 heterocycles. The second-order valence-corrected chi connectivity index (χ2v) is 4.81. The molecule has 0 amide bonds. The molecular weight excluding hydrogens is 347 g/mol. The van der Waals surface area contributed by atoms with Gasteiger partial charge in [-0.3, -0.25) is 0 Å². The van der Waals surface area contributed by atoms with Gasteiger partial charge in [-0.1, -0.05) is 0 Å². The Balaban J connectivity index is 2.34. The lowest BCUT2D eigenvalue weighted by molar-refractivity contribution is 0.0694. The summed E-state index contributed by atoms with van der Waals surface area (Å²) >= 11 is 2.04. The van der Waals surface area contributed by atoms with E-state index in [1.807, 2.05) is 29.5 Å². The van der Waals surface area contributed by atoms with E-state index in [2.05, 4.69) is 10.2 Å². The fourth-order valence-electron chi connectivity index (χ4n) is 1.31. The first-order valence-corrected chi connectivity index (χ1v) is 6.15. The third kappa shape index (κ3) is 2.95. The Hall–Kier alpha value is -1.70. The normalized spacial score (nSPS) is 10.1. The summed E-state index contributed by atoms with van der Waals surface area (Å²) in [6, 6.07) is 8.30. The molecule has 5 nitrogen and oxygen atoms in total. The van der Waals surface area contributed by atoms with Gasteiger partial charge in [0.05, 0.1) is 5.69 Å². The maximum Gasteiger partial charge on any atom is 0.339 e. The number of rotatable bonds is 3. The summed E-state index contributed by atoms with van der Waals surface area (Å²) in [5.74, 6) is -0.519. The van der Waals surface area contributed by atoms with Gasteiger partial charge in [0.25, 0.3) is 0 Å². The van der Waals surface area contributed by atoms with Gasteiger partial charge in [0.15, 0.2) is 0 Å². The van der Waals surface area contributed by atoms with Gasteiger partial charge in [-0.2, -0.15) is 5.10 Å². The molecule has 0 saturated heterocycles. The van der Waals surface area contributed by atoms with E-state index in [-0.39, 0.29) is 17.2 Å². The topological polar surface area (TPSA) is 72.3 Å². The molecule has 0 aliphatic rings. The van der Waals surface area contributed by atoms with Crippen molar-refractivity contribution >= 4 is 28.6 Å². The standard InChI is InChI=1S/C12H9IN2O3/c1-7-2-5-11(15-14-7)18-10-4-3-8(13)6-9(10)12(16)17/h2-6H,1H3,(H,16,17). The minimum absolute atomic E-state index is 0.101. The van der Waals surface area contributed by atoms with Crippen molar-refractivity contribution in [2.45, 2.75) is 6.92 Å². The minimum atomic E-state index is -1.04. The first-order chi connectivity index (χ1) is 8.56. The Kier molecular flexibility index (Phi) is 3.75. The van der Waals surface area contributed by atoms with Crippen LogP contribution < -0.4 is 4.74 Å². The second-order valence-electron chi connectivity index (χ2n) is 3.56. The highest BCUT2D eigenvalue weighted by Gasteiger charge is 2.13. The number of benzene rings is 1. The molecule has 2 rings (SSSR count). The Morgan fingerprint density at radius 2 is 2.06 bits per heavy atom. The molecule has 0 radical (unpaired) electrons. The monoisotopic (exact) mass is 356 g/mol. The van der Waals surface area contributed by atoms with Crippen molar-refractivity contribution < 1.29 is 14.6 Å². The predicted molar refractivity (Wildman–Crippen MR) is 73.0 cm³/mol. The van der Waals surface area contributed by atoms with Gasteiger partial charge >= 0.3 is 5.97 Å². The summed E-state index contributed by atoms with van der Waals surface area (Å²) in [5.41, 5.74) is 0.868. The molecule has 0 bridgehead atoms. The van der Waals surface area contributed by atoms with Gasteiger partial charge in [-0.05, 0) is 53.8 Å². The van der Waals surface area contributed by atoms with Crippen LogP contribution in [-0.2, 0) is 0 Å². The molecule has 92 valence electrons. The molecule has 0 aliphatic carbocycles. The number of nitrogens with zero attached hydrogens (tertiary/aromatic N) is 2. The number of carboxylic acid groups (broad SMARTS) is 1. The van der Waals surface area contributed by atoms with Gasteiger partial charge in [0.1, 0.15) is 11.3 Å². The first kappa shape index (κ1) is 12.7. The fourth-order valence-corrected chi connectivity index (χ4v) is 1.80. The van der Waals surface area contributed by atoms with Crippen molar-refractivity contribution in [1.29, 1.82) is 0 Å². The van der Waals surface area contributed by atoms with E-state index < -0.39 is 5.97 Å². The molecule has 0 saturated carbocycles. The summed E-state index contributed by atoms with van der Waals surface area (Å²) in [6.45, 7) is 1.81. The number of halogens is 1. The van der Waals surface area contributed by atoms with E-state index in [1.165, 1.54) is 0 Å². The molecule has 2 aromatic rings. The van der Waals surface area contributed by atoms with Crippen LogP contribution in [0.2, 0.25) is 0 Å². The number of ether oxygens (including phenoxy) is 1. The number of hydrogen-bond acceptors (Lipinski definition) is 4. The number of hydrogen-bond donors (Lipinski definition) is 1. The van der Waals surface area contributed by atoms with Crippen molar-refractivity contribution in [1.82, 2.24) is 10.2 Å². The number of aromatic nitrogens is 2. The maximum absolute atomic E-state index is 11.1. The highest BCUT2D eigenvalue weighted by molar-refractivity contribution is 14.1. The highest BCUT2D eigenvalue weighted by Crippen LogP contribution is 2.25. The zero-order valence-electron chi connectivity index (χ0n) is 9.42. The second kappa shape index (κ2) is 5.30. The van der Waals surface area contributed by atoms with Crippen LogP contribution in [0, 0.1) is 10.5 Å². The summed E-state index contributed by atoms with van der Waals surface area (Å²) in [7, 11) is 0.